The van der Waals surface area contributed by atoms with Gasteiger partial charge in [-0.2, -0.15) is 0 Å². The molecule has 0 unspecified atom stereocenters. The molecule has 0 aliphatic carbocycles. The van der Waals surface area contributed by atoms with E-state index in [0.29, 0.717) is 0 Å². The lowest BCUT2D eigenvalue weighted by Crippen LogP contribution is -1.82. The maximum atomic E-state index is 12.4. The molecule has 0 spiro atoms. The molecule has 0 aliphatic heterocycles. The highest BCUT2D eigenvalue weighted by Gasteiger charge is 2.09. The quantitative estimate of drug-likeness (QED) is 0.584. The van der Waals surface area contributed by atoms with Crippen LogP contribution in [0.1, 0.15) is 0 Å². The van der Waals surface area contributed by atoms with Gasteiger partial charge in [-0.1, -0.05) is 11.6 Å². The van der Waals surface area contributed by atoms with E-state index >= 15 is 0 Å². The van der Waals surface area contributed by atoms with Gasteiger partial charge in [0.25, 0.3) is 0 Å². The predicted molar refractivity (Wildman–Crippen MR) is 33.0 cm³/mol. The van der Waals surface area contributed by atoms with Gasteiger partial charge in [0.2, 0.25) is 0 Å². The number of halogens is 3. The summed E-state index contributed by atoms with van der Waals surface area (Å²) in [6.45, 7) is 0. The Labute approximate surface area is 60.9 Å². The van der Waals surface area contributed by atoms with Crippen LogP contribution in [-0.4, -0.2) is 5.11 Å². The lowest BCUT2D eigenvalue weighted by molar-refractivity contribution is 0.428. The molecule has 4 heteroatoms. The molecule has 0 saturated carbocycles. The zero-order chi connectivity index (χ0) is 7.72. The van der Waals surface area contributed by atoms with E-state index < -0.39 is 22.4 Å². The number of rotatable bonds is 0. The van der Waals surface area contributed by atoms with Gasteiger partial charge in [-0.05, 0) is 12.1 Å². The van der Waals surface area contributed by atoms with Gasteiger partial charge < -0.3 is 5.11 Å². The normalized spacial score (nSPS) is 9.90. The van der Waals surface area contributed by atoms with Crippen molar-refractivity contribution in [1.82, 2.24) is 0 Å². The minimum atomic E-state index is -1.12. The van der Waals surface area contributed by atoms with Crippen LogP contribution in [0, 0.1) is 11.6 Å². The number of phenols is 1. The predicted octanol–water partition coefficient (Wildman–Crippen LogP) is 2.32. The van der Waals surface area contributed by atoms with Crippen molar-refractivity contribution >= 4 is 11.6 Å². The molecule has 0 bridgehead atoms. The van der Waals surface area contributed by atoms with E-state index in [4.69, 9.17) is 16.7 Å². The molecule has 1 aromatic carbocycles. The summed E-state index contributed by atoms with van der Waals surface area (Å²) < 4.78 is 24.6. The maximum Gasteiger partial charge on any atom is 0.186 e. The van der Waals surface area contributed by atoms with Gasteiger partial charge in [0.15, 0.2) is 11.6 Å². The fourth-order valence-corrected chi connectivity index (χ4v) is 0.676. The van der Waals surface area contributed by atoms with E-state index in [2.05, 4.69) is 0 Å². The molecule has 0 heterocycles. The van der Waals surface area contributed by atoms with Crippen LogP contribution in [0.5, 0.6) is 5.75 Å². The van der Waals surface area contributed by atoms with Crippen LogP contribution < -0.4 is 0 Å². The Bertz CT molecular complexity index is 235. The average molecular weight is 165 g/mol. The second-order valence-electron chi connectivity index (χ2n) is 1.69. The number of hydrogen-bond donors (Lipinski definition) is 1. The Balaban J connectivity index is 3.34. The van der Waals surface area contributed by atoms with Crippen molar-refractivity contribution in [3.05, 3.63) is 28.8 Å². The molecule has 0 aliphatic rings. The third-order valence-electron chi connectivity index (χ3n) is 1.01. The van der Waals surface area contributed by atoms with Gasteiger partial charge in [0, 0.05) is 0 Å². The summed E-state index contributed by atoms with van der Waals surface area (Å²) >= 11 is 5.07. The van der Waals surface area contributed by atoms with Crippen LogP contribution in [0.25, 0.3) is 0 Å². The first-order valence-electron chi connectivity index (χ1n) is 2.45. The van der Waals surface area contributed by atoms with Crippen LogP contribution in [0.2, 0.25) is 5.02 Å². The van der Waals surface area contributed by atoms with Crippen molar-refractivity contribution in [3.8, 4) is 5.75 Å². The highest BCUT2D eigenvalue weighted by molar-refractivity contribution is 6.31. The zero-order valence-electron chi connectivity index (χ0n) is 4.74. The van der Waals surface area contributed by atoms with Gasteiger partial charge in [0.05, 0.1) is 0 Å². The molecule has 1 aromatic rings. The van der Waals surface area contributed by atoms with Gasteiger partial charge >= 0.3 is 0 Å². The third kappa shape index (κ3) is 1.04. The van der Waals surface area contributed by atoms with Crippen molar-refractivity contribution in [2.24, 2.45) is 0 Å². The summed E-state index contributed by atoms with van der Waals surface area (Å²) in [5.41, 5.74) is 0. The Morgan fingerprint density at radius 1 is 1.30 bits per heavy atom. The fraction of sp³-hybridized carbons (Fsp3) is 0. The molecule has 10 heavy (non-hydrogen) atoms. The van der Waals surface area contributed by atoms with Crippen LogP contribution in [0.15, 0.2) is 12.1 Å². The second-order valence-corrected chi connectivity index (χ2v) is 2.07. The molecule has 1 rings (SSSR count). The van der Waals surface area contributed by atoms with Crippen LogP contribution >= 0.6 is 11.6 Å². The zero-order valence-corrected chi connectivity index (χ0v) is 5.49. The van der Waals surface area contributed by atoms with Crippen molar-refractivity contribution in [2.75, 3.05) is 0 Å². The average Bonchev–Trinajstić information content (AvgIpc) is 1.93. The van der Waals surface area contributed by atoms with E-state index in [-0.39, 0.29) is 0 Å². The summed E-state index contributed by atoms with van der Waals surface area (Å²) in [7, 11) is 0. The SMILES string of the molecule is Oc1ccc(F)c(Cl)c1F. The lowest BCUT2D eigenvalue weighted by Gasteiger charge is -1.96. The Morgan fingerprint density at radius 3 is 2.40 bits per heavy atom. The summed E-state index contributed by atoms with van der Waals surface area (Å²) in [6.07, 6.45) is 0. The number of aromatic hydroxyl groups is 1. The van der Waals surface area contributed by atoms with Gasteiger partial charge in [-0.25, -0.2) is 8.78 Å². The molecule has 54 valence electrons. The standard InChI is InChI=1S/C6H3ClF2O/c7-5-3(8)1-2-4(10)6(5)9/h1-2,10H. The number of benzene rings is 1. The highest BCUT2D eigenvalue weighted by atomic mass is 35.5. The maximum absolute atomic E-state index is 12.4. The number of phenolic OH excluding ortho intramolecular Hbond substituents is 1. The fourth-order valence-electron chi connectivity index (χ4n) is 0.516. The molecule has 0 aromatic heterocycles. The first kappa shape index (κ1) is 7.28. The largest absolute Gasteiger partial charge is 0.505 e. The molecular formula is C6H3ClF2O. The summed E-state index contributed by atoms with van der Waals surface area (Å²) in [5, 5.41) is 7.92. The first-order chi connectivity index (χ1) is 4.63. The van der Waals surface area contributed by atoms with E-state index in [1.807, 2.05) is 0 Å². The smallest absolute Gasteiger partial charge is 0.186 e. The van der Waals surface area contributed by atoms with E-state index in [9.17, 15) is 8.78 Å². The van der Waals surface area contributed by atoms with Crippen molar-refractivity contribution in [2.45, 2.75) is 0 Å². The Kier molecular flexibility index (Phi) is 1.76. The van der Waals surface area contributed by atoms with E-state index in [1.165, 1.54) is 0 Å². The lowest BCUT2D eigenvalue weighted by atomic mass is 10.3. The minimum absolute atomic E-state index is 0.647. The molecule has 0 fully saturated rings. The van der Waals surface area contributed by atoms with Gasteiger partial charge in [-0.3, -0.25) is 0 Å². The van der Waals surface area contributed by atoms with Crippen molar-refractivity contribution in [3.63, 3.8) is 0 Å². The monoisotopic (exact) mass is 164 g/mol. The topological polar surface area (TPSA) is 20.2 Å². The molecule has 1 N–H and O–H groups in total. The molecular weight excluding hydrogens is 162 g/mol. The minimum Gasteiger partial charge on any atom is -0.505 e. The molecule has 0 saturated heterocycles. The van der Waals surface area contributed by atoms with Crippen LogP contribution in [0.3, 0.4) is 0 Å². The molecule has 0 amide bonds. The second kappa shape index (κ2) is 2.42. The first-order valence-corrected chi connectivity index (χ1v) is 2.83. The third-order valence-corrected chi connectivity index (χ3v) is 1.36. The van der Waals surface area contributed by atoms with Crippen molar-refractivity contribution < 1.29 is 13.9 Å². The summed E-state index contributed by atoms with van der Waals surface area (Å²) in [5.74, 6) is -2.65. The van der Waals surface area contributed by atoms with Crippen LogP contribution in [0.4, 0.5) is 8.78 Å². The van der Waals surface area contributed by atoms with E-state index in [1.54, 1.807) is 0 Å². The van der Waals surface area contributed by atoms with Gasteiger partial charge in [0.1, 0.15) is 10.8 Å². The molecule has 0 radical (unpaired) electrons. The summed E-state index contributed by atoms with van der Waals surface area (Å²) in [4.78, 5) is 0. The van der Waals surface area contributed by atoms with Crippen LogP contribution in [-0.2, 0) is 0 Å². The highest BCUT2D eigenvalue weighted by Crippen LogP contribution is 2.25. The van der Waals surface area contributed by atoms with Crippen molar-refractivity contribution in [1.29, 1.82) is 0 Å². The summed E-state index contributed by atoms with van der Waals surface area (Å²) in [6, 6.07) is 1.79. The van der Waals surface area contributed by atoms with E-state index in [0.717, 1.165) is 12.1 Å². The molecule has 1 nitrogen and oxygen atoms in total. The number of hydrogen-bond acceptors (Lipinski definition) is 1. The van der Waals surface area contributed by atoms with Gasteiger partial charge in [-0.15, -0.1) is 0 Å². The Morgan fingerprint density at radius 2 is 1.90 bits per heavy atom. The molecule has 0 atom stereocenters. The Hall–Kier alpha value is -0.830.